The third-order valence-electron chi connectivity index (χ3n) is 1.93. The Balaban J connectivity index is 2.84. The molecule has 0 aromatic heterocycles. The Bertz CT molecular complexity index is 321. The Kier molecular flexibility index (Phi) is 3.80. The molecule has 3 nitrogen and oxygen atoms in total. The summed E-state index contributed by atoms with van der Waals surface area (Å²) < 4.78 is 0.880. The second-order valence-corrected chi connectivity index (χ2v) is 3.97. The van der Waals surface area contributed by atoms with Crippen molar-refractivity contribution in [3.05, 3.63) is 34.3 Å². The predicted molar refractivity (Wildman–Crippen MR) is 55.8 cm³/mol. The maximum absolute atomic E-state index is 10.8. The zero-order valence-corrected chi connectivity index (χ0v) is 9.23. The number of rotatable bonds is 3. The molecular weight excluding hydrogens is 248 g/mol. The van der Waals surface area contributed by atoms with E-state index in [1.165, 1.54) is 6.92 Å². The highest BCUT2D eigenvalue weighted by atomic mass is 79.9. The maximum atomic E-state index is 10.8. The first-order chi connectivity index (χ1) is 6.52. The number of benzene rings is 1. The van der Waals surface area contributed by atoms with Crippen molar-refractivity contribution in [1.82, 2.24) is 0 Å². The van der Waals surface area contributed by atoms with Crippen LogP contribution in [0.25, 0.3) is 0 Å². The first kappa shape index (κ1) is 11.4. The molecule has 1 aromatic rings. The fourth-order valence-electron chi connectivity index (χ4n) is 1.06. The number of Topliss-reactive ketones (excluding diaryl/α,β-unsaturated/α-hetero) is 1. The van der Waals surface area contributed by atoms with E-state index in [1.807, 2.05) is 0 Å². The molecule has 0 aliphatic rings. The lowest BCUT2D eigenvalue weighted by atomic mass is 10.0. The smallest absolute Gasteiger partial charge is 0.161 e. The molecule has 0 fully saturated rings. The summed E-state index contributed by atoms with van der Waals surface area (Å²) in [6, 6.07) is 6.79. The van der Waals surface area contributed by atoms with Crippen LogP contribution in [0.5, 0.6) is 0 Å². The van der Waals surface area contributed by atoms with Gasteiger partial charge < -0.3 is 10.2 Å². The number of ketones is 1. The van der Waals surface area contributed by atoms with Crippen molar-refractivity contribution in [2.75, 3.05) is 0 Å². The van der Waals surface area contributed by atoms with Crippen LogP contribution in [0.1, 0.15) is 18.6 Å². The number of aliphatic hydroxyl groups excluding tert-OH is 2. The molecule has 0 bridgehead atoms. The van der Waals surface area contributed by atoms with E-state index in [0.717, 1.165) is 4.47 Å². The van der Waals surface area contributed by atoms with Crippen LogP contribution in [0.2, 0.25) is 0 Å². The number of hydrogen-bond acceptors (Lipinski definition) is 3. The van der Waals surface area contributed by atoms with Crippen LogP contribution in [-0.4, -0.2) is 22.1 Å². The summed E-state index contributed by atoms with van der Waals surface area (Å²) in [6.07, 6.45) is -2.50. The van der Waals surface area contributed by atoms with Crippen molar-refractivity contribution >= 4 is 21.7 Å². The molecule has 1 rings (SSSR count). The number of hydrogen-bond donors (Lipinski definition) is 2. The van der Waals surface area contributed by atoms with Gasteiger partial charge in [0.15, 0.2) is 5.78 Å². The van der Waals surface area contributed by atoms with Crippen LogP contribution in [0.15, 0.2) is 28.7 Å². The van der Waals surface area contributed by atoms with Gasteiger partial charge in [-0.05, 0) is 24.6 Å². The molecule has 0 radical (unpaired) electrons. The first-order valence-electron chi connectivity index (χ1n) is 4.14. The van der Waals surface area contributed by atoms with Gasteiger partial charge in [-0.15, -0.1) is 0 Å². The standard InChI is InChI=1S/C10H11BrO3/c1-6(12)9(13)10(14)7-2-4-8(11)5-3-7/h2-5,9-10,13-14H,1H3/t9-,10-/m0/s1. The zero-order valence-electron chi connectivity index (χ0n) is 7.64. The first-order valence-corrected chi connectivity index (χ1v) is 4.93. The Labute approximate surface area is 90.5 Å². The largest absolute Gasteiger partial charge is 0.385 e. The van der Waals surface area contributed by atoms with E-state index in [9.17, 15) is 15.0 Å². The van der Waals surface area contributed by atoms with Gasteiger partial charge in [0, 0.05) is 4.47 Å². The van der Waals surface area contributed by atoms with E-state index in [0.29, 0.717) is 5.56 Å². The van der Waals surface area contributed by atoms with Gasteiger partial charge in [-0.2, -0.15) is 0 Å². The molecule has 76 valence electrons. The molecule has 0 aliphatic heterocycles. The highest BCUT2D eigenvalue weighted by Gasteiger charge is 2.21. The van der Waals surface area contributed by atoms with E-state index < -0.39 is 18.0 Å². The Morgan fingerprint density at radius 3 is 2.21 bits per heavy atom. The van der Waals surface area contributed by atoms with E-state index >= 15 is 0 Å². The summed E-state index contributed by atoms with van der Waals surface area (Å²) in [6.45, 7) is 1.24. The molecule has 0 saturated carbocycles. The maximum Gasteiger partial charge on any atom is 0.161 e. The number of carbonyl (C=O) groups is 1. The SMILES string of the molecule is CC(=O)[C@H](O)[C@@H](O)c1ccc(Br)cc1. The minimum atomic E-state index is -1.35. The van der Waals surface area contributed by atoms with Crippen molar-refractivity contribution < 1.29 is 15.0 Å². The second kappa shape index (κ2) is 4.68. The van der Waals surface area contributed by atoms with Crippen molar-refractivity contribution in [3.63, 3.8) is 0 Å². The summed E-state index contributed by atoms with van der Waals surface area (Å²) in [5, 5.41) is 18.9. The molecule has 0 aliphatic carbocycles. The van der Waals surface area contributed by atoms with Crippen LogP contribution in [0.4, 0.5) is 0 Å². The van der Waals surface area contributed by atoms with Crippen LogP contribution in [-0.2, 0) is 4.79 Å². The molecule has 2 N–H and O–H groups in total. The molecule has 0 amide bonds. The highest BCUT2D eigenvalue weighted by molar-refractivity contribution is 9.10. The molecule has 4 heteroatoms. The van der Waals surface area contributed by atoms with Gasteiger partial charge in [0.1, 0.15) is 12.2 Å². The van der Waals surface area contributed by atoms with Gasteiger partial charge in [-0.25, -0.2) is 0 Å². The third kappa shape index (κ3) is 2.64. The van der Waals surface area contributed by atoms with E-state index in [-0.39, 0.29) is 0 Å². The van der Waals surface area contributed by atoms with Gasteiger partial charge in [-0.3, -0.25) is 4.79 Å². The van der Waals surface area contributed by atoms with E-state index in [2.05, 4.69) is 15.9 Å². The summed E-state index contributed by atoms with van der Waals surface area (Å²) in [5.41, 5.74) is 0.524. The predicted octanol–water partition coefficient (Wildman–Crippen LogP) is 1.43. The van der Waals surface area contributed by atoms with Gasteiger partial charge in [0.05, 0.1) is 0 Å². The summed E-state index contributed by atoms with van der Waals surface area (Å²) in [7, 11) is 0. The molecule has 0 saturated heterocycles. The number of halogens is 1. The quantitative estimate of drug-likeness (QED) is 0.863. The zero-order chi connectivity index (χ0) is 10.7. The Morgan fingerprint density at radius 2 is 1.79 bits per heavy atom. The third-order valence-corrected chi connectivity index (χ3v) is 2.46. The lowest BCUT2D eigenvalue weighted by Crippen LogP contribution is -2.25. The van der Waals surface area contributed by atoms with Gasteiger partial charge in [0.2, 0.25) is 0 Å². The lowest BCUT2D eigenvalue weighted by Gasteiger charge is -2.15. The average molecular weight is 259 g/mol. The van der Waals surface area contributed by atoms with E-state index in [1.54, 1.807) is 24.3 Å². The number of aliphatic hydroxyl groups is 2. The fraction of sp³-hybridized carbons (Fsp3) is 0.300. The monoisotopic (exact) mass is 258 g/mol. The fourth-order valence-corrected chi connectivity index (χ4v) is 1.33. The minimum Gasteiger partial charge on any atom is -0.385 e. The molecule has 1 aromatic carbocycles. The van der Waals surface area contributed by atoms with Gasteiger partial charge in [0.25, 0.3) is 0 Å². The molecule has 14 heavy (non-hydrogen) atoms. The molecule has 0 unspecified atom stereocenters. The lowest BCUT2D eigenvalue weighted by molar-refractivity contribution is -0.130. The topological polar surface area (TPSA) is 57.5 Å². The van der Waals surface area contributed by atoms with Gasteiger partial charge in [-0.1, -0.05) is 28.1 Å². The van der Waals surface area contributed by atoms with Crippen LogP contribution < -0.4 is 0 Å². The number of carbonyl (C=O) groups excluding carboxylic acids is 1. The van der Waals surface area contributed by atoms with Crippen LogP contribution in [0, 0.1) is 0 Å². The van der Waals surface area contributed by atoms with Crippen molar-refractivity contribution in [1.29, 1.82) is 0 Å². The Morgan fingerprint density at radius 1 is 1.29 bits per heavy atom. The highest BCUT2D eigenvalue weighted by Crippen LogP contribution is 2.19. The van der Waals surface area contributed by atoms with E-state index in [4.69, 9.17) is 0 Å². The average Bonchev–Trinajstić information content (AvgIpc) is 2.16. The molecule has 0 spiro atoms. The Hall–Kier alpha value is -0.710. The summed E-state index contributed by atoms with van der Waals surface area (Å²) >= 11 is 3.25. The second-order valence-electron chi connectivity index (χ2n) is 3.05. The molecule has 0 heterocycles. The summed E-state index contributed by atoms with van der Waals surface area (Å²) in [4.78, 5) is 10.8. The molecular formula is C10H11BrO3. The minimum absolute atomic E-state index is 0.444. The summed E-state index contributed by atoms with van der Waals surface area (Å²) in [5.74, 6) is -0.444. The van der Waals surface area contributed by atoms with Crippen LogP contribution in [0.3, 0.4) is 0 Å². The normalized spacial score (nSPS) is 14.9. The van der Waals surface area contributed by atoms with Crippen molar-refractivity contribution in [3.8, 4) is 0 Å². The van der Waals surface area contributed by atoms with Crippen molar-refractivity contribution in [2.45, 2.75) is 19.1 Å². The van der Waals surface area contributed by atoms with Crippen LogP contribution >= 0.6 is 15.9 Å². The van der Waals surface area contributed by atoms with Crippen molar-refractivity contribution in [2.24, 2.45) is 0 Å². The van der Waals surface area contributed by atoms with Gasteiger partial charge >= 0.3 is 0 Å². The molecule has 2 atom stereocenters.